The van der Waals surface area contributed by atoms with Gasteiger partial charge in [0.25, 0.3) is 0 Å². The van der Waals surface area contributed by atoms with E-state index in [2.05, 4.69) is 59.8 Å². The molecule has 1 aliphatic rings. The van der Waals surface area contributed by atoms with Crippen molar-refractivity contribution in [1.82, 2.24) is 0 Å². The van der Waals surface area contributed by atoms with E-state index in [0.717, 1.165) is 23.5 Å². The van der Waals surface area contributed by atoms with E-state index < -0.39 is 0 Å². The SMILES string of the molecule is CC(C)(C)C1CCN(c2cc(Br)ccc2CCl)C1. The highest BCUT2D eigenvalue weighted by Gasteiger charge is 2.32. The number of alkyl halides is 1. The summed E-state index contributed by atoms with van der Waals surface area (Å²) < 4.78 is 1.13. The van der Waals surface area contributed by atoms with Crippen LogP contribution in [0.1, 0.15) is 32.8 Å². The lowest BCUT2D eigenvalue weighted by atomic mass is 9.80. The van der Waals surface area contributed by atoms with E-state index in [-0.39, 0.29) is 0 Å². The van der Waals surface area contributed by atoms with Gasteiger partial charge in [-0.1, -0.05) is 42.8 Å². The summed E-state index contributed by atoms with van der Waals surface area (Å²) in [5, 5.41) is 0. The number of benzene rings is 1. The molecule has 0 amide bonds. The van der Waals surface area contributed by atoms with Crippen LogP contribution in [0.3, 0.4) is 0 Å². The summed E-state index contributed by atoms with van der Waals surface area (Å²) in [5.74, 6) is 1.35. The Labute approximate surface area is 124 Å². The monoisotopic (exact) mass is 329 g/mol. The third kappa shape index (κ3) is 3.03. The van der Waals surface area contributed by atoms with E-state index in [1.807, 2.05) is 0 Å². The van der Waals surface area contributed by atoms with Crippen molar-refractivity contribution in [2.75, 3.05) is 18.0 Å². The maximum atomic E-state index is 6.05. The Morgan fingerprint density at radius 3 is 2.67 bits per heavy atom. The first kappa shape index (κ1) is 14.2. The number of rotatable bonds is 2. The number of hydrogen-bond donors (Lipinski definition) is 0. The highest BCUT2D eigenvalue weighted by molar-refractivity contribution is 9.10. The first-order valence-electron chi connectivity index (χ1n) is 6.51. The van der Waals surface area contributed by atoms with E-state index in [4.69, 9.17) is 11.6 Å². The standard InChI is InChI=1S/C15H21BrClN/c1-15(2,3)12-6-7-18(10-12)14-8-13(16)5-4-11(14)9-17/h4-5,8,12H,6-7,9-10H2,1-3H3. The lowest BCUT2D eigenvalue weighted by Crippen LogP contribution is -2.26. The van der Waals surface area contributed by atoms with Crippen LogP contribution in [0.15, 0.2) is 22.7 Å². The Morgan fingerprint density at radius 2 is 2.11 bits per heavy atom. The molecule has 0 spiro atoms. The van der Waals surface area contributed by atoms with Gasteiger partial charge in [-0.25, -0.2) is 0 Å². The predicted octanol–water partition coefficient (Wildman–Crippen LogP) is 5.06. The highest BCUT2D eigenvalue weighted by atomic mass is 79.9. The minimum atomic E-state index is 0.391. The molecule has 1 saturated heterocycles. The third-order valence-corrected chi connectivity index (χ3v) is 4.73. The van der Waals surface area contributed by atoms with Crippen LogP contribution in [-0.4, -0.2) is 13.1 Å². The molecule has 1 nitrogen and oxygen atoms in total. The summed E-state index contributed by atoms with van der Waals surface area (Å²) >= 11 is 9.60. The molecule has 18 heavy (non-hydrogen) atoms. The van der Waals surface area contributed by atoms with Crippen molar-refractivity contribution < 1.29 is 0 Å². The average Bonchev–Trinajstić information content (AvgIpc) is 2.77. The molecule has 0 aromatic heterocycles. The molecule has 1 aromatic carbocycles. The second kappa shape index (κ2) is 5.42. The quantitative estimate of drug-likeness (QED) is 0.685. The van der Waals surface area contributed by atoms with Gasteiger partial charge < -0.3 is 4.90 Å². The van der Waals surface area contributed by atoms with Crippen LogP contribution in [0, 0.1) is 11.3 Å². The average molecular weight is 331 g/mol. The van der Waals surface area contributed by atoms with Crippen LogP contribution in [0.4, 0.5) is 5.69 Å². The Kier molecular flexibility index (Phi) is 4.28. The van der Waals surface area contributed by atoms with E-state index in [0.29, 0.717) is 11.3 Å². The largest absolute Gasteiger partial charge is 0.371 e. The lowest BCUT2D eigenvalue weighted by Gasteiger charge is -2.28. The van der Waals surface area contributed by atoms with Crippen LogP contribution in [-0.2, 0) is 5.88 Å². The van der Waals surface area contributed by atoms with Gasteiger partial charge in [-0.15, -0.1) is 11.6 Å². The van der Waals surface area contributed by atoms with Crippen molar-refractivity contribution >= 4 is 33.2 Å². The van der Waals surface area contributed by atoms with E-state index in [1.54, 1.807) is 0 Å². The van der Waals surface area contributed by atoms with Crippen LogP contribution < -0.4 is 4.90 Å². The first-order valence-corrected chi connectivity index (χ1v) is 7.84. The number of nitrogens with zero attached hydrogens (tertiary/aromatic N) is 1. The molecule has 0 bridgehead atoms. The second-order valence-electron chi connectivity index (χ2n) is 6.20. The Bertz CT molecular complexity index is 425. The van der Waals surface area contributed by atoms with Crippen molar-refractivity contribution in [2.45, 2.75) is 33.1 Å². The summed E-state index contributed by atoms with van der Waals surface area (Å²) in [7, 11) is 0. The summed E-state index contributed by atoms with van der Waals surface area (Å²) in [6.07, 6.45) is 1.28. The van der Waals surface area contributed by atoms with Crippen LogP contribution >= 0.6 is 27.5 Å². The molecule has 3 heteroatoms. The summed E-state index contributed by atoms with van der Waals surface area (Å²) in [6, 6.07) is 6.39. The fourth-order valence-electron chi connectivity index (χ4n) is 2.63. The first-order chi connectivity index (χ1) is 8.41. The van der Waals surface area contributed by atoms with Gasteiger partial charge in [-0.2, -0.15) is 0 Å². The minimum absolute atomic E-state index is 0.391. The molecule has 1 aromatic rings. The minimum Gasteiger partial charge on any atom is -0.371 e. The Hall–Kier alpha value is -0.210. The fourth-order valence-corrected chi connectivity index (χ4v) is 3.21. The molecular weight excluding hydrogens is 310 g/mol. The Morgan fingerprint density at radius 1 is 1.39 bits per heavy atom. The molecular formula is C15H21BrClN. The van der Waals surface area contributed by atoms with E-state index in [1.165, 1.54) is 17.7 Å². The van der Waals surface area contributed by atoms with Gasteiger partial charge in [0.1, 0.15) is 0 Å². The zero-order valence-electron chi connectivity index (χ0n) is 11.3. The topological polar surface area (TPSA) is 3.24 Å². The molecule has 100 valence electrons. The molecule has 1 atom stereocenters. The van der Waals surface area contributed by atoms with Crippen molar-refractivity contribution in [3.63, 3.8) is 0 Å². The second-order valence-corrected chi connectivity index (χ2v) is 7.39. The van der Waals surface area contributed by atoms with Gasteiger partial charge in [0, 0.05) is 29.1 Å². The molecule has 1 unspecified atom stereocenters. The molecule has 1 aliphatic heterocycles. The molecule has 2 rings (SSSR count). The van der Waals surface area contributed by atoms with Gasteiger partial charge >= 0.3 is 0 Å². The summed E-state index contributed by atoms with van der Waals surface area (Å²) in [5.41, 5.74) is 2.92. The molecule has 0 aliphatic carbocycles. The van der Waals surface area contributed by atoms with Crippen LogP contribution in [0.25, 0.3) is 0 Å². The van der Waals surface area contributed by atoms with Crippen molar-refractivity contribution in [3.8, 4) is 0 Å². The number of anilines is 1. The zero-order chi connectivity index (χ0) is 13.3. The lowest BCUT2D eigenvalue weighted by molar-refractivity contribution is 0.263. The van der Waals surface area contributed by atoms with Gasteiger partial charge in [-0.05, 0) is 35.4 Å². The van der Waals surface area contributed by atoms with E-state index >= 15 is 0 Å². The Balaban J connectivity index is 2.21. The molecule has 0 radical (unpaired) electrons. The highest BCUT2D eigenvalue weighted by Crippen LogP contribution is 2.37. The smallest absolute Gasteiger partial charge is 0.0494 e. The maximum Gasteiger partial charge on any atom is 0.0494 e. The zero-order valence-corrected chi connectivity index (χ0v) is 13.7. The molecule has 0 saturated carbocycles. The maximum absolute atomic E-state index is 6.05. The molecule has 1 fully saturated rings. The van der Waals surface area contributed by atoms with Crippen molar-refractivity contribution in [3.05, 3.63) is 28.2 Å². The summed E-state index contributed by atoms with van der Waals surface area (Å²) in [6.45, 7) is 9.30. The fraction of sp³-hybridized carbons (Fsp3) is 0.600. The number of halogens is 2. The number of hydrogen-bond acceptors (Lipinski definition) is 1. The molecule has 0 N–H and O–H groups in total. The normalized spacial score (nSPS) is 20.5. The molecule has 1 heterocycles. The third-order valence-electron chi connectivity index (χ3n) is 3.94. The predicted molar refractivity (Wildman–Crippen MR) is 83.5 cm³/mol. The summed E-state index contributed by atoms with van der Waals surface area (Å²) in [4.78, 5) is 2.48. The van der Waals surface area contributed by atoms with Gasteiger partial charge in [-0.3, -0.25) is 0 Å². The van der Waals surface area contributed by atoms with Crippen molar-refractivity contribution in [1.29, 1.82) is 0 Å². The van der Waals surface area contributed by atoms with Gasteiger partial charge in [0.15, 0.2) is 0 Å². The van der Waals surface area contributed by atoms with Gasteiger partial charge in [0.2, 0.25) is 0 Å². The van der Waals surface area contributed by atoms with Gasteiger partial charge in [0.05, 0.1) is 0 Å². The van der Waals surface area contributed by atoms with Crippen molar-refractivity contribution in [2.24, 2.45) is 11.3 Å². The van der Waals surface area contributed by atoms with Crippen LogP contribution in [0.2, 0.25) is 0 Å². The van der Waals surface area contributed by atoms with E-state index in [9.17, 15) is 0 Å². The van der Waals surface area contributed by atoms with Crippen LogP contribution in [0.5, 0.6) is 0 Å².